The maximum atomic E-state index is 12.3. The van der Waals surface area contributed by atoms with Crippen molar-refractivity contribution in [3.63, 3.8) is 0 Å². The van der Waals surface area contributed by atoms with Crippen molar-refractivity contribution in [1.82, 2.24) is 0 Å². The second kappa shape index (κ2) is 7.35. The summed E-state index contributed by atoms with van der Waals surface area (Å²) in [6.45, 7) is 1.41. The minimum atomic E-state index is -3.63. The van der Waals surface area contributed by atoms with Gasteiger partial charge in [-0.05, 0) is 42.8 Å². The highest BCUT2D eigenvalue weighted by atomic mass is 32.2. The van der Waals surface area contributed by atoms with E-state index in [0.717, 1.165) is 16.1 Å². The van der Waals surface area contributed by atoms with Gasteiger partial charge in [-0.2, -0.15) is 0 Å². The highest BCUT2D eigenvalue weighted by Gasteiger charge is 2.22. The van der Waals surface area contributed by atoms with Crippen LogP contribution in [0.3, 0.4) is 0 Å². The minimum Gasteiger partial charge on any atom is -0.366 e. The van der Waals surface area contributed by atoms with Gasteiger partial charge in [0.15, 0.2) is 0 Å². The number of nitrogens with zero attached hydrogens (tertiary/aromatic N) is 1. The molecule has 3 N–H and O–H groups in total. The Kier molecular flexibility index (Phi) is 5.43. The number of benzene rings is 2. The lowest BCUT2D eigenvalue weighted by atomic mass is 10.2. The first-order valence-electron chi connectivity index (χ1n) is 7.41. The fraction of sp³-hybridized carbons (Fsp3) is 0.176. The fourth-order valence-electron chi connectivity index (χ4n) is 2.27. The van der Waals surface area contributed by atoms with Crippen LogP contribution in [0, 0.1) is 6.92 Å². The predicted molar refractivity (Wildman–Crippen MR) is 97.0 cm³/mol. The van der Waals surface area contributed by atoms with E-state index in [0.29, 0.717) is 16.9 Å². The lowest BCUT2D eigenvalue weighted by Crippen LogP contribution is -2.37. The van der Waals surface area contributed by atoms with Crippen LogP contribution in [-0.4, -0.2) is 33.0 Å². The molecule has 8 heteroatoms. The lowest BCUT2D eigenvalue weighted by molar-refractivity contribution is -0.114. The molecule has 7 nitrogen and oxygen atoms in total. The Morgan fingerprint density at radius 1 is 1.08 bits per heavy atom. The van der Waals surface area contributed by atoms with Gasteiger partial charge in [0, 0.05) is 11.3 Å². The van der Waals surface area contributed by atoms with E-state index in [1.807, 2.05) is 0 Å². The number of hydrogen-bond donors (Lipinski definition) is 2. The van der Waals surface area contributed by atoms with Gasteiger partial charge in [-0.1, -0.05) is 18.2 Å². The van der Waals surface area contributed by atoms with Crippen LogP contribution in [0.2, 0.25) is 0 Å². The Morgan fingerprint density at radius 3 is 2.20 bits per heavy atom. The Hall–Kier alpha value is -2.87. The Labute approximate surface area is 146 Å². The summed E-state index contributed by atoms with van der Waals surface area (Å²) in [5, 5.41) is 2.60. The number of sulfonamides is 1. The van der Waals surface area contributed by atoms with Crippen molar-refractivity contribution < 1.29 is 18.0 Å². The summed E-state index contributed by atoms with van der Waals surface area (Å²) in [6.07, 6.45) is 1.05. The average molecular weight is 361 g/mol. The number of primary amides is 1. The van der Waals surface area contributed by atoms with Crippen LogP contribution >= 0.6 is 0 Å². The molecule has 2 aromatic rings. The maximum absolute atomic E-state index is 12.3. The van der Waals surface area contributed by atoms with E-state index in [1.54, 1.807) is 31.2 Å². The first-order valence-corrected chi connectivity index (χ1v) is 9.26. The zero-order chi connectivity index (χ0) is 18.6. The van der Waals surface area contributed by atoms with Gasteiger partial charge in [0.2, 0.25) is 21.8 Å². The molecule has 0 aliphatic carbocycles. The normalized spacial score (nSPS) is 11.0. The van der Waals surface area contributed by atoms with Crippen molar-refractivity contribution in [1.29, 1.82) is 0 Å². The molecule has 0 aromatic heterocycles. The molecule has 0 aliphatic heterocycles. The van der Waals surface area contributed by atoms with Crippen LogP contribution in [-0.2, 0) is 14.8 Å². The van der Waals surface area contributed by atoms with E-state index in [9.17, 15) is 18.0 Å². The van der Waals surface area contributed by atoms with E-state index in [1.165, 1.54) is 24.3 Å². The summed E-state index contributed by atoms with van der Waals surface area (Å²) in [4.78, 5) is 23.3. The van der Waals surface area contributed by atoms with Crippen LogP contribution in [0.5, 0.6) is 0 Å². The number of nitrogens with one attached hydrogen (secondary N) is 1. The molecule has 132 valence electrons. The number of amides is 2. The first-order chi connectivity index (χ1) is 11.7. The molecule has 2 amide bonds. The minimum absolute atomic E-state index is 0.315. The van der Waals surface area contributed by atoms with Crippen LogP contribution < -0.4 is 15.4 Å². The van der Waals surface area contributed by atoms with E-state index in [-0.39, 0.29) is 6.54 Å². The number of anilines is 2. The summed E-state index contributed by atoms with van der Waals surface area (Å²) in [7, 11) is -3.63. The molecule has 0 spiro atoms. The van der Waals surface area contributed by atoms with Crippen molar-refractivity contribution in [3.05, 3.63) is 59.7 Å². The largest absolute Gasteiger partial charge is 0.366 e. The predicted octanol–water partition coefficient (Wildman–Crippen LogP) is 1.50. The quantitative estimate of drug-likeness (QED) is 0.812. The molecule has 2 aromatic carbocycles. The van der Waals surface area contributed by atoms with Crippen molar-refractivity contribution in [2.45, 2.75) is 6.92 Å². The maximum Gasteiger partial charge on any atom is 0.248 e. The van der Waals surface area contributed by atoms with Gasteiger partial charge in [0.25, 0.3) is 0 Å². The molecule has 0 aliphatic rings. The second-order valence-electron chi connectivity index (χ2n) is 5.55. The fourth-order valence-corrected chi connectivity index (χ4v) is 3.19. The Balaban J connectivity index is 2.18. The topological polar surface area (TPSA) is 110 Å². The third-order valence-corrected chi connectivity index (χ3v) is 4.65. The lowest BCUT2D eigenvalue weighted by Gasteiger charge is -2.23. The molecule has 0 saturated carbocycles. The van der Waals surface area contributed by atoms with Crippen molar-refractivity contribution in [3.8, 4) is 0 Å². The standard InChI is InChI=1S/C17H19N3O4S/c1-12-5-3-4-6-15(12)20(25(2,23)24)11-16(21)19-14-9-7-13(8-10-14)17(18)22/h3-10H,11H2,1-2H3,(H2,18,22)(H,19,21). The van der Waals surface area contributed by atoms with E-state index in [4.69, 9.17) is 5.73 Å². The third kappa shape index (κ3) is 4.80. The smallest absolute Gasteiger partial charge is 0.248 e. The van der Waals surface area contributed by atoms with E-state index >= 15 is 0 Å². The molecular formula is C17H19N3O4S. The van der Waals surface area contributed by atoms with E-state index in [2.05, 4.69) is 5.32 Å². The number of nitrogens with two attached hydrogens (primary N) is 1. The van der Waals surface area contributed by atoms with Crippen LogP contribution in [0.1, 0.15) is 15.9 Å². The SMILES string of the molecule is Cc1ccccc1N(CC(=O)Nc1ccc(C(N)=O)cc1)S(C)(=O)=O. The summed E-state index contributed by atoms with van der Waals surface area (Å²) in [5.41, 5.74) is 7.10. The number of para-hydroxylation sites is 1. The highest BCUT2D eigenvalue weighted by Crippen LogP contribution is 2.22. The van der Waals surface area contributed by atoms with Gasteiger partial charge < -0.3 is 11.1 Å². The van der Waals surface area contributed by atoms with Crippen LogP contribution in [0.25, 0.3) is 0 Å². The first kappa shape index (κ1) is 18.5. The molecule has 0 heterocycles. The van der Waals surface area contributed by atoms with Gasteiger partial charge >= 0.3 is 0 Å². The zero-order valence-electron chi connectivity index (χ0n) is 13.9. The Bertz CT molecular complexity index is 892. The third-order valence-electron chi connectivity index (χ3n) is 3.52. The molecular weight excluding hydrogens is 342 g/mol. The molecule has 0 saturated heterocycles. The molecule has 0 bridgehead atoms. The summed E-state index contributed by atoms with van der Waals surface area (Å²) < 4.78 is 25.2. The molecule has 0 fully saturated rings. The molecule has 0 radical (unpaired) electrons. The number of carbonyl (C=O) groups excluding carboxylic acids is 2. The second-order valence-corrected chi connectivity index (χ2v) is 7.45. The van der Waals surface area contributed by atoms with Crippen molar-refractivity contribution >= 4 is 33.2 Å². The van der Waals surface area contributed by atoms with Gasteiger partial charge in [-0.15, -0.1) is 0 Å². The number of rotatable bonds is 6. The molecule has 25 heavy (non-hydrogen) atoms. The molecule has 0 atom stereocenters. The Morgan fingerprint density at radius 2 is 1.68 bits per heavy atom. The van der Waals surface area contributed by atoms with Crippen molar-refractivity contribution in [2.75, 3.05) is 22.4 Å². The summed E-state index contributed by atoms with van der Waals surface area (Å²) >= 11 is 0. The zero-order valence-corrected chi connectivity index (χ0v) is 14.7. The van der Waals surface area contributed by atoms with Gasteiger partial charge in [-0.3, -0.25) is 13.9 Å². The van der Waals surface area contributed by atoms with E-state index < -0.39 is 21.8 Å². The molecule has 2 rings (SSSR count). The van der Waals surface area contributed by atoms with Crippen LogP contribution in [0.15, 0.2) is 48.5 Å². The number of carbonyl (C=O) groups is 2. The van der Waals surface area contributed by atoms with Gasteiger partial charge in [-0.25, -0.2) is 8.42 Å². The monoisotopic (exact) mass is 361 g/mol. The number of aryl methyl sites for hydroxylation is 1. The summed E-state index contributed by atoms with van der Waals surface area (Å²) in [5.74, 6) is -1.07. The van der Waals surface area contributed by atoms with Gasteiger partial charge in [0.1, 0.15) is 6.54 Å². The van der Waals surface area contributed by atoms with Crippen molar-refractivity contribution in [2.24, 2.45) is 5.73 Å². The highest BCUT2D eigenvalue weighted by molar-refractivity contribution is 7.92. The number of hydrogen-bond acceptors (Lipinski definition) is 4. The average Bonchev–Trinajstić information content (AvgIpc) is 2.53. The van der Waals surface area contributed by atoms with Gasteiger partial charge in [0.05, 0.1) is 11.9 Å². The summed E-state index contributed by atoms with van der Waals surface area (Å²) in [6, 6.07) is 12.9. The van der Waals surface area contributed by atoms with Crippen LogP contribution in [0.4, 0.5) is 11.4 Å². The molecule has 0 unspecified atom stereocenters.